The second kappa shape index (κ2) is 9.28. The number of hydrogen-bond acceptors (Lipinski definition) is 5. The monoisotopic (exact) mass is 448 g/mol. The van der Waals surface area contributed by atoms with Gasteiger partial charge >= 0.3 is 5.97 Å². The summed E-state index contributed by atoms with van der Waals surface area (Å²) in [5.74, 6) is -1.12. The van der Waals surface area contributed by atoms with E-state index in [-0.39, 0.29) is 23.3 Å². The van der Waals surface area contributed by atoms with E-state index in [9.17, 15) is 14.0 Å². The van der Waals surface area contributed by atoms with Gasteiger partial charge in [0.25, 0.3) is 5.56 Å². The summed E-state index contributed by atoms with van der Waals surface area (Å²) in [4.78, 5) is 31.0. The van der Waals surface area contributed by atoms with Crippen LogP contribution in [0.3, 0.4) is 0 Å². The fourth-order valence-corrected chi connectivity index (χ4v) is 4.61. The quantitative estimate of drug-likeness (QED) is 0.561. The number of rotatable bonds is 5. The minimum absolute atomic E-state index is 0.161. The molecule has 5 nitrogen and oxygen atoms in total. The third kappa shape index (κ3) is 4.11. The Morgan fingerprint density at radius 2 is 1.91 bits per heavy atom. The topological polar surface area (TPSA) is 60.7 Å². The Morgan fingerprint density at radius 3 is 2.62 bits per heavy atom. The summed E-state index contributed by atoms with van der Waals surface area (Å²) < 4.78 is 21.8. The van der Waals surface area contributed by atoms with E-state index in [0.717, 1.165) is 5.56 Å². The molecule has 0 aliphatic carbocycles. The van der Waals surface area contributed by atoms with E-state index in [1.54, 1.807) is 44.2 Å². The van der Waals surface area contributed by atoms with E-state index >= 15 is 0 Å². The maximum Gasteiger partial charge on any atom is 0.338 e. The highest BCUT2D eigenvalue weighted by atomic mass is 32.1. The first-order valence-corrected chi connectivity index (χ1v) is 11.0. The lowest BCUT2D eigenvalue weighted by Crippen LogP contribution is -2.40. The van der Waals surface area contributed by atoms with Crippen molar-refractivity contribution in [3.8, 4) is 0 Å². The molecule has 0 bridgehead atoms. The zero-order valence-corrected chi connectivity index (χ0v) is 18.4. The summed E-state index contributed by atoms with van der Waals surface area (Å²) in [6, 6.07) is 14.9. The van der Waals surface area contributed by atoms with Crippen molar-refractivity contribution in [1.29, 1.82) is 0 Å². The number of hydrogen-bond donors (Lipinski definition) is 0. The van der Waals surface area contributed by atoms with Crippen LogP contribution >= 0.6 is 11.3 Å². The molecule has 1 atom stereocenters. The number of carbonyl (C=O) groups is 1. The molecule has 0 saturated heterocycles. The van der Waals surface area contributed by atoms with Crippen LogP contribution in [0.2, 0.25) is 0 Å². The summed E-state index contributed by atoms with van der Waals surface area (Å²) in [5.41, 5.74) is 1.45. The first-order chi connectivity index (χ1) is 15.5. The normalized spacial score (nSPS) is 16.2. The molecule has 0 radical (unpaired) electrons. The summed E-state index contributed by atoms with van der Waals surface area (Å²) in [5, 5.41) is 0. The Labute approximate surface area is 188 Å². The van der Waals surface area contributed by atoms with E-state index in [4.69, 9.17) is 4.74 Å². The average molecular weight is 449 g/mol. The summed E-state index contributed by atoms with van der Waals surface area (Å²) >= 11 is 1.20. The largest absolute Gasteiger partial charge is 0.463 e. The maximum atomic E-state index is 14.8. The number of ether oxygens (including phenoxy) is 1. The molecule has 1 aliphatic rings. The van der Waals surface area contributed by atoms with E-state index in [2.05, 4.69) is 4.99 Å². The second-order valence-electron chi connectivity index (χ2n) is 7.12. The highest BCUT2D eigenvalue weighted by molar-refractivity contribution is 7.07. The SMILES string of the molecule is CCOC(=O)C1=C(C)N=c2s/c(=C/C=C/c3ccccc3)c(=O)n2[C@H]1c1ccccc1F. The van der Waals surface area contributed by atoms with Gasteiger partial charge in [0.05, 0.1) is 22.4 Å². The van der Waals surface area contributed by atoms with Crippen molar-refractivity contribution in [2.45, 2.75) is 19.9 Å². The summed E-state index contributed by atoms with van der Waals surface area (Å²) in [7, 11) is 0. The Bertz CT molecular complexity index is 1400. The first-order valence-electron chi connectivity index (χ1n) is 10.2. The van der Waals surface area contributed by atoms with Gasteiger partial charge in [-0.25, -0.2) is 14.2 Å². The van der Waals surface area contributed by atoms with E-state index in [1.165, 1.54) is 22.0 Å². The molecular weight excluding hydrogens is 427 g/mol. The number of carbonyl (C=O) groups excluding carboxylic acids is 1. The smallest absolute Gasteiger partial charge is 0.338 e. The van der Waals surface area contributed by atoms with Gasteiger partial charge in [-0.1, -0.05) is 72.0 Å². The minimum Gasteiger partial charge on any atom is -0.463 e. The summed E-state index contributed by atoms with van der Waals surface area (Å²) in [6.07, 6.45) is 5.39. The van der Waals surface area contributed by atoms with Crippen LogP contribution in [0.4, 0.5) is 4.39 Å². The fraction of sp³-hybridized carbons (Fsp3) is 0.160. The highest BCUT2D eigenvalue weighted by Crippen LogP contribution is 2.31. The average Bonchev–Trinajstić information content (AvgIpc) is 3.09. The molecule has 1 aromatic heterocycles. The van der Waals surface area contributed by atoms with E-state index in [1.807, 2.05) is 36.4 Å². The highest BCUT2D eigenvalue weighted by Gasteiger charge is 2.34. The lowest BCUT2D eigenvalue weighted by molar-refractivity contribution is -0.139. The maximum absolute atomic E-state index is 14.8. The van der Waals surface area contributed by atoms with Gasteiger partial charge in [-0.2, -0.15) is 0 Å². The molecule has 7 heteroatoms. The lowest BCUT2D eigenvalue weighted by atomic mass is 9.95. The van der Waals surface area contributed by atoms with Crippen LogP contribution in [0.1, 0.15) is 31.0 Å². The Hall–Kier alpha value is -3.58. The molecule has 4 rings (SSSR count). The van der Waals surface area contributed by atoms with Crippen molar-refractivity contribution in [3.63, 3.8) is 0 Å². The van der Waals surface area contributed by atoms with E-state index in [0.29, 0.717) is 15.0 Å². The molecule has 3 aromatic rings. The van der Waals surface area contributed by atoms with E-state index < -0.39 is 17.8 Å². The zero-order chi connectivity index (χ0) is 22.7. The van der Waals surface area contributed by atoms with Gasteiger partial charge in [-0.3, -0.25) is 9.36 Å². The van der Waals surface area contributed by atoms with Gasteiger partial charge in [-0.15, -0.1) is 0 Å². The predicted molar refractivity (Wildman–Crippen MR) is 123 cm³/mol. The van der Waals surface area contributed by atoms with Crippen molar-refractivity contribution < 1.29 is 13.9 Å². The molecule has 32 heavy (non-hydrogen) atoms. The van der Waals surface area contributed by atoms with Crippen LogP contribution in [0, 0.1) is 5.82 Å². The van der Waals surface area contributed by atoms with Gasteiger partial charge in [0.15, 0.2) is 4.80 Å². The zero-order valence-electron chi connectivity index (χ0n) is 17.6. The molecule has 0 spiro atoms. The molecule has 2 aromatic carbocycles. The number of allylic oxidation sites excluding steroid dienone is 2. The molecule has 0 saturated carbocycles. The van der Waals surface area contributed by atoms with Gasteiger partial charge in [-0.05, 0) is 31.6 Å². The number of benzene rings is 2. The number of thiazole rings is 1. The van der Waals surface area contributed by atoms with Gasteiger partial charge in [0, 0.05) is 5.56 Å². The van der Waals surface area contributed by atoms with Crippen LogP contribution in [0.25, 0.3) is 12.2 Å². The third-order valence-corrected chi connectivity index (χ3v) is 6.05. The van der Waals surface area contributed by atoms with Crippen molar-refractivity contribution in [3.05, 3.63) is 109 Å². The molecule has 0 fully saturated rings. The van der Waals surface area contributed by atoms with Crippen molar-refractivity contribution in [2.24, 2.45) is 4.99 Å². The molecule has 0 N–H and O–H groups in total. The van der Waals surface area contributed by atoms with Crippen molar-refractivity contribution >= 4 is 29.5 Å². The molecule has 0 unspecified atom stereocenters. The van der Waals surface area contributed by atoms with Crippen LogP contribution in [0.5, 0.6) is 0 Å². The Kier molecular flexibility index (Phi) is 6.28. The number of nitrogens with zero attached hydrogens (tertiary/aromatic N) is 2. The van der Waals surface area contributed by atoms with Crippen molar-refractivity contribution in [1.82, 2.24) is 4.57 Å². The van der Waals surface area contributed by atoms with Crippen LogP contribution < -0.4 is 14.9 Å². The number of esters is 1. The van der Waals surface area contributed by atoms with Gasteiger partial charge in [0.2, 0.25) is 0 Å². The van der Waals surface area contributed by atoms with Crippen molar-refractivity contribution in [2.75, 3.05) is 6.61 Å². The van der Waals surface area contributed by atoms with Crippen LogP contribution in [-0.2, 0) is 9.53 Å². The van der Waals surface area contributed by atoms with Crippen LogP contribution in [0.15, 0.2) is 81.7 Å². The minimum atomic E-state index is -0.952. The molecule has 162 valence electrons. The van der Waals surface area contributed by atoms with Gasteiger partial charge < -0.3 is 4.74 Å². The van der Waals surface area contributed by atoms with Crippen LogP contribution in [-0.4, -0.2) is 17.1 Å². The standard InChI is InChI=1S/C25H21FN2O3S/c1-3-31-24(30)21-16(2)27-25-28(22(21)18-13-7-8-14-19(18)26)23(29)20(32-25)15-9-12-17-10-5-4-6-11-17/h4-15,22H,3H2,1-2H3/b12-9+,20-15+/t22-/m0/s1. The number of fused-ring (bicyclic) bond motifs is 1. The van der Waals surface area contributed by atoms with Gasteiger partial charge in [0.1, 0.15) is 11.9 Å². The molecule has 1 aliphatic heterocycles. The fourth-order valence-electron chi connectivity index (χ4n) is 3.61. The first kappa shape index (κ1) is 21.6. The number of halogens is 1. The number of aromatic nitrogens is 1. The molecule has 2 heterocycles. The summed E-state index contributed by atoms with van der Waals surface area (Å²) in [6.45, 7) is 3.53. The molecular formula is C25H21FN2O3S. The molecule has 0 amide bonds. The predicted octanol–water partition coefficient (Wildman–Crippen LogP) is 3.60. The Morgan fingerprint density at radius 1 is 1.19 bits per heavy atom. The lowest BCUT2D eigenvalue weighted by Gasteiger charge is -2.24. The second-order valence-corrected chi connectivity index (χ2v) is 8.13. The third-order valence-electron chi connectivity index (χ3n) is 5.05. The Balaban J connectivity index is 1.88.